The highest BCUT2D eigenvalue weighted by Crippen LogP contribution is 2.45. The molecule has 0 radical (unpaired) electrons. The van der Waals surface area contributed by atoms with E-state index in [1.54, 1.807) is 17.0 Å². The van der Waals surface area contributed by atoms with Gasteiger partial charge in [0.15, 0.2) is 5.17 Å². The average Bonchev–Trinajstić information content (AvgIpc) is 2.94. The van der Waals surface area contributed by atoms with Crippen LogP contribution in [-0.4, -0.2) is 41.1 Å². The highest BCUT2D eigenvalue weighted by molar-refractivity contribution is 8.18. The smallest absolute Gasteiger partial charge is 0.266 e. The highest BCUT2D eigenvalue weighted by Gasteiger charge is 2.37. The van der Waals surface area contributed by atoms with Gasteiger partial charge in [-0.05, 0) is 82.0 Å². The molecule has 2 aliphatic heterocycles. The summed E-state index contributed by atoms with van der Waals surface area (Å²) in [5.41, 5.74) is 2.64. The number of halogens is 1. The van der Waals surface area contributed by atoms with Gasteiger partial charge in [-0.15, -0.1) is 0 Å². The van der Waals surface area contributed by atoms with Crippen LogP contribution < -0.4 is 4.90 Å². The van der Waals surface area contributed by atoms with E-state index in [9.17, 15) is 4.79 Å². The molecule has 158 valence electrons. The quantitative estimate of drug-likeness (QED) is 0.582. The van der Waals surface area contributed by atoms with Gasteiger partial charge in [0.05, 0.1) is 4.91 Å². The van der Waals surface area contributed by atoms with Gasteiger partial charge in [0.2, 0.25) is 0 Å². The fourth-order valence-electron chi connectivity index (χ4n) is 4.46. The summed E-state index contributed by atoms with van der Waals surface area (Å²) in [6, 6.07) is 3.61. The third kappa shape index (κ3) is 4.09. The van der Waals surface area contributed by atoms with E-state index in [4.69, 9.17) is 0 Å². The predicted molar refractivity (Wildman–Crippen MR) is 122 cm³/mol. The fraction of sp³-hybridized carbons (Fsp3) is 0.565. The summed E-state index contributed by atoms with van der Waals surface area (Å²) in [6.07, 6.45) is 3.73. The Labute approximate surface area is 178 Å². The number of nitrogens with zero attached hydrogens (tertiary/aromatic N) is 3. The van der Waals surface area contributed by atoms with Crippen molar-refractivity contribution >= 4 is 34.6 Å². The van der Waals surface area contributed by atoms with Gasteiger partial charge in [-0.2, -0.15) is 0 Å². The molecule has 1 atom stereocenters. The number of fused-ring (bicyclic) bond motifs is 1. The number of hydrogen-bond donors (Lipinski definition) is 0. The van der Waals surface area contributed by atoms with Crippen molar-refractivity contribution in [3.05, 3.63) is 34.0 Å². The van der Waals surface area contributed by atoms with Crippen LogP contribution in [0.2, 0.25) is 0 Å². The summed E-state index contributed by atoms with van der Waals surface area (Å²) in [6.45, 7) is 14.8. The first-order valence-electron chi connectivity index (χ1n) is 10.6. The molecule has 1 unspecified atom stereocenters. The molecule has 2 heterocycles. The van der Waals surface area contributed by atoms with E-state index >= 15 is 4.39 Å². The van der Waals surface area contributed by atoms with E-state index in [0.717, 1.165) is 30.6 Å². The number of hydrogen-bond acceptors (Lipinski definition) is 4. The van der Waals surface area contributed by atoms with Crippen LogP contribution in [0.15, 0.2) is 22.0 Å². The number of anilines is 1. The second-order valence-corrected chi connectivity index (χ2v) is 9.43. The highest BCUT2D eigenvalue weighted by atomic mass is 32.2. The van der Waals surface area contributed by atoms with Gasteiger partial charge in [0.1, 0.15) is 5.82 Å². The molecule has 1 aromatic rings. The first-order valence-corrected chi connectivity index (χ1v) is 11.4. The number of likely N-dealkylation sites (N-methyl/N-ethyl adjacent to an activating group) is 1. The molecule has 1 fully saturated rings. The molecule has 2 aliphatic rings. The van der Waals surface area contributed by atoms with Gasteiger partial charge < -0.3 is 4.90 Å². The largest absolute Gasteiger partial charge is 0.366 e. The molecule has 0 aliphatic carbocycles. The Morgan fingerprint density at radius 3 is 2.66 bits per heavy atom. The van der Waals surface area contributed by atoms with Gasteiger partial charge in [-0.3, -0.25) is 14.7 Å². The minimum atomic E-state index is -0.278. The van der Waals surface area contributed by atoms with Crippen molar-refractivity contribution in [1.82, 2.24) is 4.90 Å². The number of carbonyl (C=O) groups is 1. The average molecular weight is 418 g/mol. The molecule has 0 spiro atoms. The van der Waals surface area contributed by atoms with E-state index in [1.807, 2.05) is 19.9 Å². The van der Waals surface area contributed by atoms with Gasteiger partial charge in [-0.1, -0.05) is 13.8 Å². The van der Waals surface area contributed by atoms with Gasteiger partial charge >= 0.3 is 0 Å². The summed E-state index contributed by atoms with van der Waals surface area (Å²) in [7, 11) is 0. The molecule has 6 heteroatoms. The topological polar surface area (TPSA) is 35.9 Å². The maximum absolute atomic E-state index is 15.1. The zero-order valence-corrected chi connectivity index (χ0v) is 19.2. The summed E-state index contributed by atoms with van der Waals surface area (Å²) < 4.78 is 15.1. The van der Waals surface area contributed by atoms with Crippen molar-refractivity contribution in [2.75, 3.05) is 24.5 Å². The zero-order valence-electron chi connectivity index (χ0n) is 18.4. The predicted octanol–water partition coefficient (Wildman–Crippen LogP) is 5.64. The van der Waals surface area contributed by atoms with E-state index in [-0.39, 0.29) is 17.3 Å². The Hall–Kier alpha value is -1.82. The summed E-state index contributed by atoms with van der Waals surface area (Å²) in [4.78, 5) is 21.7. The summed E-state index contributed by atoms with van der Waals surface area (Å²) in [5.74, 6) is -0.0367. The minimum absolute atomic E-state index is 0.000731. The fourth-order valence-corrected chi connectivity index (χ4v) is 5.56. The van der Waals surface area contributed by atoms with Gasteiger partial charge in [-0.25, -0.2) is 4.39 Å². The summed E-state index contributed by atoms with van der Waals surface area (Å²) >= 11 is 1.34. The van der Waals surface area contributed by atoms with Crippen molar-refractivity contribution in [3.63, 3.8) is 0 Å². The molecular weight excluding hydrogens is 385 g/mol. The number of amides is 1. The second-order valence-electron chi connectivity index (χ2n) is 8.42. The van der Waals surface area contributed by atoms with Crippen molar-refractivity contribution in [2.45, 2.75) is 65.8 Å². The molecule has 0 aromatic heterocycles. The Balaban J connectivity index is 2.04. The van der Waals surface area contributed by atoms with Gasteiger partial charge in [0.25, 0.3) is 5.91 Å². The number of thioether (sulfide) groups is 1. The minimum Gasteiger partial charge on any atom is -0.366 e. The Kier molecular flexibility index (Phi) is 6.42. The van der Waals surface area contributed by atoms with Crippen LogP contribution in [0.4, 0.5) is 10.1 Å². The van der Waals surface area contributed by atoms with Crippen LogP contribution in [0.1, 0.15) is 71.4 Å². The van der Waals surface area contributed by atoms with E-state index in [2.05, 4.69) is 37.6 Å². The van der Waals surface area contributed by atoms with Crippen molar-refractivity contribution in [2.24, 2.45) is 4.99 Å². The van der Waals surface area contributed by atoms with Crippen molar-refractivity contribution in [3.8, 4) is 0 Å². The molecule has 1 amide bonds. The number of rotatable bonds is 5. The van der Waals surface area contributed by atoms with Crippen LogP contribution in [-0.2, 0) is 4.79 Å². The van der Waals surface area contributed by atoms with E-state index < -0.39 is 0 Å². The van der Waals surface area contributed by atoms with Gasteiger partial charge in [0, 0.05) is 36.4 Å². The maximum atomic E-state index is 15.1. The SMILES string of the molecule is CCCN1c2cc(F)c(/C=C3/SC(=NCC)N(CC)C3=O)cc2C(C)CC1(C)C. The molecule has 1 aromatic carbocycles. The van der Waals surface area contributed by atoms with Crippen LogP contribution in [0.5, 0.6) is 0 Å². The first-order chi connectivity index (χ1) is 13.7. The Bertz CT molecular complexity index is 862. The molecular formula is C23H32FN3OS. The third-order valence-electron chi connectivity index (χ3n) is 5.74. The molecule has 1 saturated heterocycles. The maximum Gasteiger partial charge on any atom is 0.266 e. The van der Waals surface area contributed by atoms with E-state index in [0.29, 0.717) is 34.6 Å². The lowest BCUT2D eigenvalue weighted by Crippen LogP contribution is -2.48. The van der Waals surface area contributed by atoms with E-state index in [1.165, 1.54) is 11.8 Å². The number of amidine groups is 1. The standard InChI is InChI=1S/C23H32FN3OS/c1-7-10-27-19-13-18(24)16(11-17(19)15(4)14-23(27,5)6)12-20-21(28)26(9-3)22(29-20)25-8-2/h11-13,15H,7-10,14H2,1-6H3/b20-12+,25-22?. The van der Waals surface area contributed by atoms with Crippen LogP contribution in [0, 0.1) is 5.82 Å². The Morgan fingerprint density at radius 2 is 2.03 bits per heavy atom. The second kappa shape index (κ2) is 8.50. The monoisotopic (exact) mass is 417 g/mol. The lowest BCUT2D eigenvalue weighted by atomic mass is 9.79. The number of benzene rings is 1. The molecule has 0 N–H and O–H groups in total. The number of aliphatic imine (C=N–C) groups is 1. The summed E-state index contributed by atoms with van der Waals surface area (Å²) in [5, 5.41) is 0.703. The first kappa shape index (κ1) is 21.9. The number of carbonyl (C=O) groups excluding carboxylic acids is 1. The lowest BCUT2D eigenvalue weighted by molar-refractivity contribution is -0.122. The Morgan fingerprint density at radius 1 is 1.31 bits per heavy atom. The molecule has 3 rings (SSSR count). The zero-order chi connectivity index (χ0) is 21.3. The van der Waals surface area contributed by atoms with Crippen molar-refractivity contribution in [1.29, 1.82) is 0 Å². The van der Waals surface area contributed by atoms with Crippen molar-refractivity contribution < 1.29 is 9.18 Å². The van der Waals surface area contributed by atoms with Crippen LogP contribution in [0.25, 0.3) is 6.08 Å². The normalized spacial score (nSPS) is 24.0. The van der Waals surface area contributed by atoms with Crippen LogP contribution in [0.3, 0.4) is 0 Å². The molecule has 4 nitrogen and oxygen atoms in total. The lowest BCUT2D eigenvalue weighted by Gasteiger charge is -2.47. The third-order valence-corrected chi connectivity index (χ3v) is 6.78. The molecule has 29 heavy (non-hydrogen) atoms. The molecule has 0 saturated carbocycles. The molecule has 0 bridgehead atoms. The van der Waals surface area contributed by atoms with Crippen LogP contribution >= 0.6 is 11.8 Å².